The van der Waals surface area contributed by atoms with Gasteiger partial charge in [0, 0.05) is 38.6 Å². The Kier molecular flexibility index (Phi) is 6.52. The van der Waals surface area contributed by atoms with E-state index in [2.05, 4.69) is 27.4 Å². The Morgan fingerprint density at radius 1 is 1.31 bits per heavy atom. The van der Waals surface area contributed by atoms with Crippen molar-refractivity contribution in [1.82, 2.24) is 10.6 Å². The van der Waals surface area contributed by atoms with E-state index in [-0.39, 0.29) is 11.9 Å². The summed E-state index contributed by atoms with van der Waals surface area (Å²) in [5.41, 5.74) is 0.679. The maximum absolute atomic E-state index is 14.1. The van der Waals surface area contributed by atoms with Crippen LogP contribution in [0.3, 0.4) is 0 Å². The average Bonchev–Trinajstić information content (AvgIpc) is 3.16. The molecule has 1 aromatic heterocycles. The first-order valence-electron chi connectivity index (χ1n) is 9.33. The summed E-state index contributed by atoms with van der Waals surface area (Å²) in [4.78, 5) is 6.75. The van der Waals surface area contributed by atoms with Gasteiger partial charge in [-0.3, -0.25) is 4.99 Å². The number of piperidine rings is 1. The summed E-state index contributed by atoms with van der Waals surface area (Å²) in [5.74, 6) is 1.58. The number of para-hydroxylation sites is 1. The van der Waals surface area contributed by atoms with E-state index in [4.69, 9.17) is 4.42 Å². The summed E-state index contributed by atoms with van der Waals surface area (Å²) in [6, 6.07) is 11.1. The summed E-state index contributed by atoms with van der Waals surface area (Å²) < 4.78 is 19.4. The first-order chi connectivity index (χ1) is 12.8. The Bertz CT molecular complexity index is 702. The Morgan fingerprint density at radius 3 is 2.96 bits per heavy atom. The molecule has 2 heterocycles. The SMILES string of the molecule is CCNC(=NCCc1ccco1)NC1CCCN(c2ccccc2F)C1. The molecule has 0 amide bonds. The van der Waals surface area contributed by atoms with Crippen LogP contribution in [0.4, 0.5) is 10.1 Å². The number of halogens is 1. The van der Waals surface area contributed by atoms with E-state index >= 15 is 0 Å². The normalized spacial score (nSPS) is 18.0. The van der Waals surface area contributed by atoms with Gasteiger partial charge < -0.3 is 20.0 Å². The second-order valence-electron chi connectivity index (χ2n) is 6.47. The van der Waals surface area contributed by atoms with Crippen molar-refractivity contribution in [1.29, 1.82) is 0 Å². The highest BCUT2D eigenvalue weighted by molar-refractivity contribution is 5.80. The summed E-state index contributed by atoms with van der Waals surface area (Å²) in [6.07, 6.45) is 4.53. The van der Waals surface area contributed by atoms with Gasteiger partial charge in [-0.15, -0.1) is 0 Å². The minimum atomic E-state index is -0.160. The molecule has 1 saturated heterocycles. The van der Waals surface area contributed by atoms with Crippen molar-refractivity contribution in [2.45, 2.75) is 32.2 Å². The van der Waals surface area contributed by atoms with E-state index in [1.165, 1.54) is 6.07 Å². The molecule has 140 valence electrons. The number of aliphatic imine (C=N–C) groups is 1. The lowest BCUT2D eigenvalue weighted by Crippen LogP contribution is -2.51. The number of furan rings is 1. The lowest BCUT2D eigenvalue weighted by Gasteiger charge is -2.35. The Morgan fingerprint density at radius 2 is 2.19 bits per heavy atom. The van der Waals surface area contributed by atoms with Gasteiger partial charge in [0.05, 0.1) is 12.0 Å². The zero-order chi connectivity index (χ0) is 18.2. The van der Waals surface area contributed by atoms with Crippen LogP contribution in [-0.2, 0) is 6.42 Å². The van der Waals surface area contributed by atoms with Gasteiger partial charge in [-0.1, -0.05) is 12.1 Å². The van der Waals surface area contributed by atoms with Crippen molar-refractivity contribution in [2.75, 3.05) is 31.1 Å². The van der Waals surface area contributed by atoms with Gasteiger partial charge in [-0.2, -0.15) is 0 Å². The number of rotatable bonds is 6. The second-order valence-corrected chi connectivity index (χ2v) is 6.47. The van der Waals surface area contributed by atoms with Crippen LogP contribution in [0.2, 0.25) is 0 Å². The standard InChI is InChI=1S/C20H27FN4O/c1-2-22-20(23-12-11-17-8-6-14-26-17)24-16-7-5-13-25(15-16)19-10-4-3-9-18(19)21/h3-4,6,8-10,14,16H,2,5,7,11-13,15H2,1H3,(H2,22,23,24). The second kappa shape index (κ2) is 9.27. The van der Waals surface area contributed by atoms with Crippen LogP contribution in [0.1, 0.15) is 25.5 Å². The molecular weight excluding hydrogens is 331 g/mol. The molecule has 6 heteroatoms. The number of guanidine groups is 1. The van der Waals surface area contributed by atoms with Crippen LogP contribution >= 0.6 is 0 Å². The largest absolute Gasteiger partial charge is 0.469 e. The highest BCUT2D eigenvalue weighted by atomic mass is 19.1. The highest BCUT2D eigenvalue weighted by Gasteiger charge is 2.22. The van der Waals surface area contributed by atoms with Crippen molar-refractivity contribution in [3.63, 3.8) is 0 Å². The zero-order valence-corrected chi connectivity index (χ0v) is 15.2. The van der Waals surface area contributed by atoms with Gasteiger partial charge in [0.2, 0.25) is 0 Å². The molecule has 0 aliphatic carbocycles. The lowest BCUT2D eigenvalue weighted by molar-refractivity contribution is 0.462. The predicted octanol–water partition coefficient (Wildman–Crippen LogP) is 3.19. The molecule has 2 aromatic rings. The molecule has 0 spiro atoms. The molecule has 3 rings (SSSR count). The first-order valence-corrected chi connectivity index (χ1v) is 9.33. The maximum atomic E-state index is 14.1. The van der Waals surface area contributed by atoms with Crippen molar-refractivity contribution in [2.24, 2.45) is 4.99 Å². The van der Waals surface area contributed by atoms with Crippen LogP contribution in [0, 0.1) is 5.82 Å². The van der Waals surface area contributed by atoms with Crippen molar-refractivity contribution >= 4 is 11.6 Å². The number of benzene rings is 1. The number of hydrogen-bond acceptors (Lipinski definition) is 3. The molecule has 5 nitrogen and oxygen atoms in total. The van der Waals surface area contributed by atoms with Crippen LogP contribution < -0.4 is 15.5 Å². The van der Waals surface area contributed by atoms with Crippen molar-refractivity contribution in [3.8, 4) is 0 Å². The molecule has 0 radical (unpaired) electrons. The third kappa shape index (κ3) is 5.00. The van der Waals surface area contributed by atoms with Gasteiger partial charge in [-0.25, -0.2) is 4.39 Å². The minimum absolute atomic E-state index is 0.160. The van der Waals surface area contributed by atoms with Gasteiger partial charge >= 0.3 is 0 Å². The lowest BCUT2D eigenvalue weighted by atomic mass is 10.0. The fraction of sp³-hybridized carbons (Fsp3) is 0.450. The van der Waals surface area contributed by atoms with Crippen molar-refractivity contribution in [3.05, 3.63) is 54.2 Å². The summed E-state index contributed by atoms with van der Waals surface area (Å²) in [7, 11) is 0. The smallest absolute Gasteiger partial charge is 0.191 e. The zero-order valence-electron chi connectivity index (χ0n) is 15.2. The van der Waals surface area contributed by atoms with E-state index in [1.54, 1.807) is 12.3 Å². The minimum Gasteiger partial charge on any atom is -0.469 e. The van der Waals surface area contributed by atoms with Gasteiger partial charge in [0.1, 0.15) is 11.6 Å². The first kappa shape index (κ1) is 18.3. The molecule has 2 N–H and O–H groups in total. The molecule has 26 heavy (non-hydrogen) atoms. The van der Waals surface area contributed by atoms with E-state index in [1.807, 2.05) is 24.3 Å². The fourth-order valence-corrected chi connectivity index (χ4v) is 3.27. The van der Waals surface area contributed by atoms with Crippen LogP contribution in [0.15, 0.2) is 52.1 Å². The highest BCUT2D eigenvalue weighted by Crippen LogP contribution is 2.22. The van der Waals surface area contributed by atoms with Crippen molar-refractivity contribution < 1.29 is 8.81 Å². The summed E-state index contributed by atoms with van der Waals surface area (Å²) in [5, 5.41) is 6.79. The number of nitrogens with one attached hydrogen (secondary N) is 2. The quantitative estimate of drug-likeness (QED) is 0.615. The monoisotopic (exact) mass is 358 g/mol. The molecule has 0 bridgehead atoms. The number of nitrogens with zero attached hydrogens (tertiary/aromatic N) is 2. The molecule has 0 saturated carbocycles. The molecule has 1 atom stereocenters. The van der Waals surface area contributed by atoms with E-state index in [0.717, 1.165) is 50.6 Å². The molecule has 1 aliphatic heterocycles. The van der Waals surface area contributed by atoms with Crippen LogP contribution in [0.25, 0.3) is 0 Å². The fourth-order valence-electron chi connectivity index (χ4n) is 3.27. The van der Waals surface area contributed by atoms with Crippen LogP contribution in [0.5, 0.6) is 0 Å². The molecule has 1 unspecified atom stereocenters. The molecular formula is C20H27FN4O. The van der Waals surface area contributed by atoms with E-state index in [9.17, 15) is 4.39 Å². The topological polar surface area (TPSA) is 52.8 Å². The third-order valence-electron chi connectivity index (χ3n) is 4.51. The molecule has 1 aliphatic rings. The van der Waals surface area contributed by atoms with E-state index < -0.39 is 0 Å². The third-order valence-corrected chi connectivity index (χ3v) is 4.51. The Labute approximate surface area is 154 Å². The van der Waals surface area contributed by atoms with Crippen LogP contribution in [-0.4, -0.2) is 38.2 Å². The maximum Gasteiger partial charge on any atom is 0.191 e. The predicted molar refractivity (Wildman–Crippen MR) is 103 cm³/mol. The molecule has 1 fully saturated rings. The number of hydrogen-bond donors (Lipinski definition) is 2. The van der Waals surface area contributed by atoms with E-state index in [0.29, 0.717) is 12.2 Å². The van der Waals surface area contributed by atoms with Gasteiger partial charge in [-0.05, 0) is 44.0 Å². The molecule has 1 aromatic carbocycles. The number of anilines is 1. The summed E-state index contributed by atoms with van der Waals surface area (Å²) in [6.45, 7) is 5.16. The average molecular weight is 358 g/mol. The summed E-state index contributed by atoms with van der Waals surface area (Å²) >= 11 is 0. The Balaban J connectivity index is 1.58. The van der Waals surface area contributed by atoms with Gasteiger partial charge in [0.25, 0.3) is 0 Å². The Hall–Kier alpha value is -2.50. The van der Waals surface area contributed by atoms with Gasteiger partial charge in [0.15, 0.2) is 5.96 Å².